The lowest BCUT2D eigenvalue weighted by Crippen LogP contribution is -2.28. The van der Waals surface area contributed by atoms with Crippen LogP contribution in [0.15, 0.2) is 51.0 Å². The lowest BCUT2D eigenvalue weighted by molar-refractivity contribution is -0.145. The molecule has 0 amide bonds. The maximum atomic E-state index is 12.4. The number of aromatic nitrogens is 2. The van der Waals surface area contributed by atoms with Gasteiger partial charge in [0.25, 0.3) is 5.56 Å². The zero-order valence-electron chi connectivity index (χ0n) is 13.1. The van der Waals surface area contributed by atoms with Crippen LogP contribution in [0.1, 0.15) is 5.56 Å². The Hall–Kier alpha value is -1.67. The first-order chi connectivity index (χ1) is 12.5. The first kappa shape index (κ1) is 19.1. The second-order valence-corrected chi connectivity index (χ2v) is 8.36. The number of thiophene rings is 1. The van der Waals surface area contributed by atoms with Gasteiger partial charge < -0.3 is 4.74 Å². The van der Waals surface area contributed by atoms with E-state index in [1.807, 2.05) is 36.4 Å². The molecule has 0 aliphatic rings. The van der Waals surface area contributed by atoms with E-state index in [1.54, 1.807) is 6.07 Å². The van der Waals surface area contributed by atoms with Gasteiger partial charge in [-0.3, -0.25) is 14.2 Å². The van der Waals surface area contributed by atoms with E-state index in [1.165, 1.54) is 15.9 Å². The van der Waals surface area contributed by atoms with Crippen molar-refractivity contribution in [3.63, 3.8) is 0 Å². The molecule has 0 atom stereocenters. The number of rotatable bonds is 5. The quantitative estimate of drug-likeness (QED) is 0.500. The smallest absolute Gasteiger partial charge is 0.326 e. The van der Waals surface area contributed by atoms with Gasteiger partial charge in [0, 0.05) is 0 Å². The van der Waals surface area contributed by atoms with Gasteiger partial charge in [-0.05, 0) is 33.6 Å². The molecule has 0 saturated carbocycles. The fourth-order valence-electron chi connectivity index (χ4n) is 2.25. The van der Waals surface area contributed by atoms with Gasteiger partial charge in [-0.1, -0.05) is 53.5 Å². The number of carbonyl (C=O) groups excluding carboxylic acids is 1. The van der Waals surface area contributed by atoms with Gasteiger partial charge in [0.05, 0.1) is 14.4 Å². The summed E-state index contributed by atoms with van der Waals surface area (Å²) in [7, 11) is 0. The van der Waals surface area contributed by atoms with Crippen LogP contribution in [0.3, 0.4) is 0 Å². The van der Waals surface area contributed by atoms with E-state index < -0.39 is 11.5 Å². The molecule has 134 valence electrons. The number of carbonyl (C=O) groups is 1. The molecule has 5 nitrogen and oxygen atoms in total. The largest absolute Gasteiger partial charge is 0.459 e. The van der Waals surface area contributed by atoms with Crippen molar-refractivity contribution in [2.24, 2.45) is 0 Å². The molecular weight excluding hydrogens is 463 g/mol. The van der Waals surface area contributed by atoms with E-state index in [9.17, 15) is 9.59 Å². The topological polar surface area (TPSA) is 61.2 Å². The van der Waals surface area contributed by atoms with Crippen molar-refractivity contribution in [2.45, 2.75) is 13.2 Å². The van der Waals surface area contributed by atoms with Crippen molar-refractivity contribution in [1.82, 2.24) is 9.55 Å². The van der Waals surface area contributed by atoms with Crippen molar-refractivity contribution < 1.29 is 9.53 Å². The van der Waals surface area contributed by atoms with Crippen LogP contribution in [0.25, 0.3) is 10.6 Å². The highest BCUT2D eigenvalue weighted by Crippen LogP contribution is 2.34. The van der Waals surface area contributed by atoms with E-state index in [0.29, 0.717) is 10.6 Å². The minimum Gasteiger partial charge on any atom is -0.459 e. The molecule has 0 radical (unpaired) electrons. The van der Waals surface area contributed by atoms with Gasteiger partial charge in [-0.15, -0.1) is 11.3 Å². The second kappa shape index (κ2) is 8.35. The Balaban J connectivity index is 1.89. The SMILES string of the molecule is O=C(Cn1c(-c2ccc(Br)s2)c(Cl)nc(Cl)c1=O)OCc1ccccc1. The number of benzene rings is 1. The molecular formula is C17H11BrCl2N2O3S. The van der Waals surface area contributed by atoms with Crippen LogP contribution in [-0.4, -0.2) is 15.5 Å². The third-order valence-corrected chi connectivity index (χ3v) is 5.56. The Kier molecular flexibility index (Phi) is 6.13. The van der Waals surface area contributed by atoms with Crippen LogP contribution in [0.5, 0.6) is 0 Å². The summed E-state index contributed by atoms with van der Waals surface area (Å²) in [5.74, 6) is -0.578. The maximum Gasteiger partial charge on any atom is 0.326 e. The van der Waals surface area contributed by atoms with Gasteiger partial charge in [-0.25, -0.2) is 4.98 Å². The highest BCUT2D eigenvalue weighted by molar-refractivity contribution is 9.11. The minimum absolute atomic E-state index is 0.0415. The number of hydrogen-bond donors (Lipinski definition) is 0. The first-order valence-corrected chi connectivity index (χ1v) is 9.73. The fraction of sp³-hybridized carbons (Fsp3) is 0.118. The van der Waals surface area contributed by atoms with Crippen molar-refractivity contribution >= 4 is 56.4 Å². The van der Waals surface area contributed by atoms with Gasteiger partial charge in [0.15, 0.2) is 10.3 Å². The van der Waals surface area contributed by atoms with Gasteiger partial charge >= 0.3 is 5.97 Å². The van der Waals surface area contributed by atoms with E-state index in [-0.39, 0.29) is 23.5 Å². The molecule has 0 fully saturated rings. The summed E-state index contributed by atoms with van der Waals surface area (Å²) in [5.41, 5.74) is 0.571. The standard InChI is InChI=1S/C17H11BrCl2N2O3S/c18-12-7-6-11(26-12)14-15(19)21-16(20)17(24)22(14)8-13(23)25-9-10-4-2-1-3-5-10/h1-7H,8-9H2. The van der Waals surface area contributed by atoms with Crippen molar-refractivity contribution in [3.05, 3.63) is 72.5 Å². The molecule has 3 rings (SSSR count). The van der Waals surface area contributed by atoms with E-state index in [2.05, 4.69) is 20.9 Å². The van der Waals surface area contributed by atoms with Gasteiger partial charge in [0.2, 0.25) is 0 Å². The highest BCUT2D eigenvalue weighted by atomic mass is 79.9. The molecule has 0 unspecified atom stereocenters. The average Bonchev–Trinajstić information content (AvgIpc) is 3.04. The summed E-state index contributed by atoms with van der Waals surface area (Å²) >= 11 is 16.8. The van der Waals surface area contributed by atoms with Crippen molar-refractivity contribution in [1.29, 1.82) is 0 Å². The summed E-state index contributed by atoms with van der Waals surface area (Å²) in [4.78, 5) is 29.2. The zero-order valence-corrected chi connectivity index (χ0v) is 17.0. The molecule has 0 N–H and O–H groups in total. The maximum absolute atomic E-state index is 12.4. The Morgan fingerprint density at radius 1 is 1.15 bits per heavy atom. The third kappa shape index (κ3) is 4.35. The number of nitrogens with zero attached hydrogens (tertiary/aromatic N) is 2. The number of ether oxygens (including phenoxy) is 1. The lowest BCUT2D eigenvalue weighted by Gasteiger charge is -2.13. The average molecular weight is 474 g/mol. The number of halogens is 3. The normalized spacial score (nSPS) is 10.7. The van der Waals surface area contributed by atoms with Crippen LogP contribution in [0.4, 0.5) is 0 Å². The van der Waals surface area contributed by atoms with Crippen LogP contribution >= 0.6 is 50.5 Å². The minimum atomic E-state index is -0.604. The molecule has 3 aromatic rings. The summed E-state index contributed by atoms with van der Waals surface area (Å²) < 4.78 is 7.29. The molecule has 9 heteroatoms. The highest BCUT2D eigenvalue weighted by Gasteiger charge is 2.20. The number of esters is 1. The molecule has 0 spiro atoms. The Morgan fingerprint density at radius 2 is 1.88 bits per heavy atom. The first-order valence-electron chi connectivity index (χ1n) is 7.37. The van der Waals surface area contributed by atoms with Crippen LogP contribution in [-0.2, 0) is 22.7 Å². The van der Waals surface area contributed by atoms with Crippen molar-refractivity contribution in [3.8, 4) is 10.6 Å². The Bertz CT molecular complexity index is 1000. The zero-order chi connectivity index (χ0) is 18.7. The summed E-state index contributed by atoms with van der Waals surface area (Å²) in [6.45, 7) is -0.209. The molecule has 0 aliphatic carbocycles. The molecule has 26 heavy (non-hydrogen) atoms. The van der Waals surface area contributed by atoms with E-state index in [0.717, 1.165) is 9.35 Å². The molecule has 0 saturated heterocycles. The monoisotopic (exact) mass is 472 g/mol. The predicted octanol–water partition coefficient (Wildman–Crippen LogP) is 4.78. The molecule has 1 aromatic carbocycles. The van der Waals surface area contributed by atoms with Crippen molar-refractivity contribution in [2.75, 3.05) is 0 Å². The molecule has 2 heterocycles. The second-order valence-electron chi connectivity index (χ2n) is 5.18. The Labute approximate surface area is 171 Å². The van der Waals surface area contributed by atoms with Crippen LogP contribution in [0.2, 0.25) is 10.3 Å². The van der Waals surface area contributed by atoms with E-state index in [4.69, 9.17) is 27.9 Å². The van der Waals surface area contributed by atoms with Gasteiger partial charge in [-0.2, -0.15) is 0 Å². The lowest BCUT2D eigenvalue weighted by atomic mass is 10.2. The number of hydrogen-bond acceptors (Lipinski definition) is 5. The Morgan fingerprint density at radius 3 is 2.54 bits per heavy atom. The summed E-state index contributed by atoms with van der Waals surface area (Å²) in [6, 6.07) is 12.8. The summed E-state index contributed by atoms with van der Waals surface area (Å²) in [5, 5.41) is -0.259. The molecule has 0 aliphatic heterocycles. The predicted molar refractivity (Wildman–Crippen MR) is 106 cm³/mol. The van der Waals surface area contributed by atoms with E-state index >= 15 is 0 Å². The fourth-order valence-corrected chi connectivity index (χ4v) is 4.27. The van der Waals surface area contributed by atoms with Gasteiger partial charge in [0.1, 0.15) is 13.2 Å². The van der Waals surface area contributed by atoms with Crippen LogP contribution in [0, 0.1) is 0 Å². The van der Waals surface area contributed by atoms with Crippen LogP contribution < -0.4 is 5.56 Å². The molecule has 0 bridgehead atoms. The third-order valence-electron chi connectivity index (χ3n) is 3.42. The molecule has 2 aromatic heterocycles. The summed E-state index contributed by atoms with van der Waals surface area (Å²) in [6.07, 6.45) is 0.